The molecule has 0 fully saturated rings. The van der Waals surface area contributed by atoms with Crippen LogP contribution in [0.3, 0.4) is 0 Å². The molecule has 0 radical (unpaired) electrons. The number of carbonyl (C=O) groups excluding carboxylic acids is 2. The topological polar surface area (TPSA) is 58.6 Å². The number of unbranched alkanes of at least 4 members (excludes halogenated alkanes) is 1. The summed E-state index contributed by atoms with van der Waals surface area (Å²) in [5.74, 6) is -1.18. The van der Waals surface area contributed by atoms with Gasteiger partial charge in [-0.15, -0.1) is 0 Å². The minimum atomic E-state index is -0.759. The van der Waals surface area contributed by atoms with Crippen molar-refractivity contribution in [3.63, 3.8) is 0 Å². The first-order valence-electron chi connectivity index (χ1n) is 11.7. The standard InChI is InChI=1S/C28H30BrFN2O3/c1-2-3-16-31-28(34)25(18-21-10-5-4-6-11-21)32(19-22-12-9-13-23(29)17-22)27(33)20-35-26-15-8-7-14-24(26)30/h4-15,17,25H,2-3,16,18-20H2,1H3,(H,31,34)/t25-/m1/s1. The summed E-state index contributed by atoms with van der Waals surface area (Å²) in [6.07, 6.45) is 2.14. The molecule has 0 saturated heterocycles. The van der Waals surface area contributed by atoms with Gasteiger partial charge in [-0.2, -0.15) is 0 Å². The Balaban J connectivity index is 1.89. The summed E-state index contributed by atoms with van der Waals surface area (Å²) in [4.78, 5) is 28.3. The molecule has 0 heterocycles. The van der Waals surface area contributed by atoms with Gasteiger partial charge in [-0.3, -0.25) is 9.59 Å². The third-order valence-electron chi connectivity index (χ3n) is 5.53. The summed E-state index contributed by atoms with van der Waals surface area (Å²) >= 11 is 3.47. The second-order valence-corrected chi connectivity index (χ2v) is 9.14. The molecule has 7 heteroatoms. The highest BCUT2D eigenvalue weighted by Crippen LogP contribution is 2.19. The first-order chi connectivity index (χ1) is 17.0. The quantitative estimate of drug-likeness (QED) is 0.307. The van der Waals surface area contributed by atoms with E-state index in [2.05, 4.69) is 28.2 Å². The summed E-state index contributed by atoms with van der Waals surface area (Å²) in [7, 11) is 0. The number of rotatable bonds is 12. The molecule has 2 amide bonds. The highest BCUT2D eigenvalue weighted by atomic mass is 79.9. The summed E-state index contributed by atoms with van der Waals surface area (Å²) < 4.78 is 20.4. The molecule has 3 aromatic carbocycles. The van der Waals surface area contributed by atoms with E-state index in [4.69, 9.17) is 4.74 Å². The zero-order valence-corrected chi connectivity index (χ0v) is 21.3. The van der Waals surface area contributed by atoms with Crippen LogP contribution in [0.2, 0.25) is 0 Å². The van der Waals surface area contributed by atoms with Gasteiger partial charge < -0.3 is 15.0 Å². The Morgan fingerprint density at radius 1 is 1.00 bits per heavy atom. The molecule has 0 saturated carbocycles. The third-order valence-corrected chi connectivity index (χ3v) is 6.02. The maximum absolute atomic E-state index is 14.1. The SMILES string of the molecule is CCCCNC(=O)[C@@H](Cc1ccccc1)N(Cc1cccc(Br)c1)C(=O)COc1ccccc1F. The van der Waals surface area contributed by atoms with E-state index in [1.807, 2.05) is 54.6 Å². The number of ether oxygens (including phenoxy) is 1. The van der Waals surface area contributed by atoms with Crippen molar-refractivity contribution in [2.75, 3.05) is 13.2 Å². The van der Waals surface area contributed by atoms with Gasteiger partial charge in [-0.25, -0.2) is 4.39 Å². The fraction of sp³-hybridized carbons (Fsp3) is 0.286. The Kier molecular flexibility index (Phi) is 10.3. The van der Waals surface area contributed by atoms with Crippen molar-refractivity contribution in [1.29, 1.82) is 0 Å². The molecule has 0 aliphatic heterocycles. The van der Waals surface area contributed by atoms with Crippen molar-refractivity contribution in [1.82, 2.24) is 10.2 Å². The lowest BCUT2D eigenvalue weighted by Gasteiger charge is -2.31. The van der Waals surface area contributed by atoms with E-state index in [0.29, 0.717) is 13.0 Å². The van der Waals surface area contributed by atoms with Gasteiger partial charge in [-0.1, -0.05) is 83.9 Å². The van der Waals surface area contributed by atoms with Crippen molar-refractivity contribution < 1.29 is 18.7 Å². The van der Waals surface area contributed by atoms with Gasteiger partial charge in [-0.05, 0) is 41.8 Å². The number of halogens is 2. The molecular weight excluding hydrogens is 511 g/mol. The molecule has 0 unspecified atom stereocenters. The number of amides is 2. The molecule has 3 aromatic rings. The highest BCUT2D eigenvalue weighted by Gasteiger charge is 2.30. The largest absolute Gasteiger partial charge is 0.481 e. The van der Waals surface area contributed by atoms with E-state index in [1.165, 1.54) is 17.0 Å². The molecule has 0 aliphatic rings. The van der Waals surface area contributed by atoms with E-state index >= 15 is 0 Å². The predicted octanol–water partition coefficient (Wildman–Crippen LogP) is 5.52. The fourth-order valence-corrected chi connectivity index (χ4v) is 4.12. The van der Waals surface area contributed by atoms with E-state index in [9.17, 15) is 14.0 Å². The lowest BCUT2D eigenvalue weighted by atomic mass is 10.0. The number of carbonyl (C=O) groups is 2. The van der Waals surface area contributed by atoms with Crippen LogP contribution in [-0.2, 0) is 22.6 Å². The van der Waals surface area contributed by atoms with E-state index in [1.54, 1.807) is 12.1 Å². The molecule has 184 valence electrons. The zero-order chi connectivity index (χ0) is 25.0. The first-order valence-corrected chi connectivity index (χ1v) is 12.5. The van der Waals surface area contributed by atoms with Gasteiger partial charge in [0.1, 0.15) is 6.04 Å². The summed E-state index contributed by atoms with van der Waals surface area (Å²) in [5.41, 5.74) is 1.79. The van der Waals surface area contributed by atoms with Gasteiger partial charge in [0.25, 0.3) is 5.91 Å². The first kappa shape index (κ1) is 26.4. The van der Waals surface area contributed by atoms with Gasteiger partial charge in [0.05, 0.1) is 0 Å². The highest BCUT2D eigenvalue weighted by molar-refractivity contribution is 9.10. The van der Waals surface area contributed by atoms with Crippen LogP contribution in [0.4, 0.5) is 4.39 Å². The van der Waals surface area contributed by atoms with E-state index < -0.39 is 17.8 Å². The van der Waals surface area contributed by atoms with Crippen LogP contribution in [0.15, 0.2) is 83.3 Å². The molecule has 0 bridgehead atoms. The predicted molar refractivity (Wildman–Crippen MR) is 138 cm³/mol. The Labute approximate surface area is 214 Å². The van der Waals surface area contributed by atoms with Crippen molar-refractivity contribution in [2.24, 2.45) is 0 Å². The Morgan fingerprint density at radius 3 is 2.43 bits per heavy atom. The zero-order valence-electron chi connectivity index (χ0n) is 19.8. The molecule has 0 spiro atoms. The number of para-hydroxylation sites is 1. The van der Waals surface area contributed by atoms with Crippen LogP contribution in [0, 0.1) is 5.82 Å². The average molecular weight is 541 g/mol. The average Bonchev–Trinajstić information content (AvgIpc) is 2.86. The van der Waals surface area contributed by atoms with Gasteiger partial charge in [0, 0.05) is 24.0 Å². The summed E-state index contributed by atoms with van der Waals surface area (Å²) in [5, 5.41) is 2.98. The molecule has 1 N–H and O–H groups in total. The molecule has 1 atom stereocenters. The minimum absolute atomic E-state index is 0.00439. The monoisotopic (exact) mass is 540 g/mol. The van der Waals surface area contributed by atoms with Crippen LogP contribution >= 0.6 is 15.9 Å². The molecular formula is C28H30BrFN2O3. The number of hydrogen-bond acceptors (Lipinski definition) is 3. The molecule has 0 aliphatic carbocycles. The Morgan fingerprint density at radius 2 is 1.71 bits per heavy atom. The van der Waals surface area contributed by atoms with Crippen LogP contribution in [0.1, 0.15) is 30.9 Å². The maximum atomic E-state index is 14.1. The van der Waals surface area contributed by atoms with Crippen molar-refractivity contribution in [3.8, 4) is 5.75 Å². The van der Waals surface area contributed by atoms with Crippen LogP contribution < -0.4 is 10.1 Å². The van der Waals surface area contributed by atoms with Crippen molar-refractivity contribution >= 4 is 27.7 Å². The lowest BCUT2D eigenvalue weighted by molar-refractivity contribution is -0.142. The number of nitrogens with zero attached hydrogens (tertiary/aromatic N) is 1. The molecule has 0 aromatic heterocycles. The van der Waals surface area contributed by atoms with Gasteiger partial charge >= 0.3 is 0 Å². The van der Waals surface area contributed by atoms with Crippen LogP contribution in [0.25, 0.3) is 0 Å². The lowest BCUT2D eigenvalue weighted by Crippen LogP contribution is -2.51. The molecule has 3 rings (SSSR count). The van der Waals surface area contributed by atoms with Gasteiger partial charge in [0.15, 0.2) is 18.2 Å². The normalized spacial score (nSPS) is 11.5. The van der Waals surface area contributed by atoms with Gasteiger partial charge in [0.2, 0.25) is 5.91 Å². The van der Waals surface area contributed by atoms with Crippen LogP contribution in [-0.4, -0.2) is 35.9 Å². The molecule has 35 heavy (non-hydrogen) atoms. The second-order valence-electron chi connectivity index (χ2n) is 8.22. The Bertz CT molecular complexity index is 1110. The van der Waals surface area contributed by atoms with Crippen LogP contribution in [0.5, 0.6) is 5.75 Å². The maximum Gasteiger partial charge on any atom is 0.261 e. The third kappa shape index (κ3) is 8.21. The van der Waals surface area contributed by atoms with Crippen molar-refractivity contribution in [2.45, 2.75) is 38.8 Å². The van der Waals surface area contributed by atoms with Crippen molar-refractivity contribution in [3.05, 3.63) is 100 Å². The molecule has 5 nitrogen and oxygen atoms in total. The summed E-state index contributed by atoms with van der Waals surface area (Å²) in [6.45, 7) is 2.40. The number of hydrogen-bond donors (Lipinski definition) is 1. The van der Waals surface area contributed by atoms with E-state index in [0.717, 1.165) is 28.4 Å². The summed E-state index contributed by atoms with van der Waals surface area (Å²) in [6, 6.07) is 22.4. The minimum Gasteiger partial charge on any atom is -0.481 e. The van der Waals surface area contributed by atoms with E-state index in [-0.39, 0.29) is 24.8 Å². The number of benzene rings is 3. The smallest absolute Gasteiger partial charge is 0.261 e. The second kappa shape index (κ2) is 13.6. The number of nitrogens with one attached hydrogen (secondary N) is 1. The Hall–Kier alpha value is -3.19. The fourth-order valence-electron chi connectivity index (χ4n) is 3.68.